The number of primary amides is 1. The van der Waals surface area contributed by atoms with E-state index in [1.54, 1.807) is 0 Å². The predicted molar refractivity (Wildman–Crippen MR) is 64.5 cm³/mol. The number of ether oxygens (including phenoxy) is 1. The van der Waals surface area contributed by atoms with Crippen LogP contribution in [0.4, 0.5) is 4.79 Å². The summed E-state index contributed by atoms with van der Waals surface area (Å²) < 4.78 is 5.14. The third-order valence-corrected chi connectivity index (χ3v) is 2.69. The molecule has 0 aromatic heterocycles. The van der Waals surface area contributed by atoms with E-state index in [2.05, 4.69) is 4.90 Å². The van der Waals surface area contributed by atoms with Gasteiger partial charge in [0.1, 0.15) is 12.7 Å². The van der Waals surface area contributed by atoms with Crippen molar-refractivity contribution in [3.8, 4) is 0 Å². The Labute approximate surface area is 107 Å². The van der Waals surface area contributed by atoms with Crippen molar-refractivity contribution < 1.29 is 19.2 Å². The third kappa shape index (κ3) is 6.41. The Bertz CT molecular complexity index is 279. The van der Waals surface area contributed by atoms with Gasteiger partial charge < -0.3 is 10.5 Å². The van der Waals surface area contributed by atoms with Gasteiger partial charge >= 0.3 is 12.0 Å². The van der Waals surface area contributed by atoms with Crippen LogP contribution < -0.4 is 11.2 Å². The van der Waals surface area contributed by atoms with E-state index in [9.17, 15) is 9.59 Å². The molecule has 0 aliphatic carbocycles. The zero-order valence-corrected chi connectivity index (χ0v) is 10.7. The van der Waals surface area contributed by atoms with Gasteiger partial charge in [0.15, 0.2) is 0 Å². The lowest BCUT2D eigenvalue weighted by atomic mass is 10.1. The van der Waals surface area contributed by atoms with Gasteiger partial charge in [0.25, 0.3) is 0 Å². The number of nitrogens with two attached hydrogens (primary N) is 1. The fourth-order valence-corrected chi connectivity index (χ4v) is 1.99. The molecule has 1 heterocycles. The second-order valence-corrected chi connectivity index (χ2v) is 4.37. The SMILES string of the molecule is CC(=O)OC(CONC(N)=O)CN1CCCCC1. The molecule has 0 aromatic carbocycles. The van der Waals surface area contributed by atoms with Crippen LogP contribution in [0.3, 0.4) is 0 Å². The molecule has 0 radical (unpaired) electrons. The van der Waals surface area contributed by atoms with Gasteiger partial charge in [0.2, 0.25) is 0 Å². The minimum atomic E-state index is -0.769. The number of nitrogens with zero attached hydrogens (tertiary/aromatic N) is 1. The Morgan fingerprint density at radius 1 is 1.33 bits per heavy atom. The van der Waals surface area contributed by atoms with Crippen molar-refractivity contribution in [3.05, 3.63) is 0 Å². The quantitative estimate of drug-likeness (QED) is 0.517. The molecule has 1 fully saturated rings. The first-order valence-corrected chi connectivity index (χ1v) is 6.14. The van der Waals surface area contributed by atoms with E-state index in [4.69, 9.17) is 15.3 Å². The molecule has 0 spiro atoms. The molecule has 0 saturated carbocycles. The van der Waals surface area contributed by atoms with Crippen LogP contribution in [0.15, 0.2) is 0 Å². The van der Waals surface area contributed by atoms with Crippen LogP contribution in [0.1, 0.15) is 26.2 Å². The fourth-order valence-electron chi connectivity index (χ4n) is 1.99. The minimum Gasteiger partial charge on any atom is -0.459 e. The summed E-state index contributed by atoms with van der Waals surface area (Å²) in [5, 5.41) is 0. The van der Waals surface area contributed by atoms with Crippen LogP contribution in [0, 0.1) is 0 Å². The van der Waals surface area contributed by atoms with Gasteiger partial charge in [-0.3, -0.25) is 14.5 Å². The van der Waals surface area contributed by atoms with Crippen molar-refractivity contribution >= 4 is 12.0 Å². The van der Waals surface area contributed by atoms with Crippen LogP contribution in [0.25, 0.3) is 0 Å². The molecule has 1 rings (SSSR count). The van der Waals surface area contributed by atoms with Gasteiger partial charge in [0, 0.05) is 13.5 Å². The molecule has 1 saturated heterocycles. The first-order valence-electron chi connectivity index (χ1n) is 6.14. The minimum absolute atomic E-state index is 0.0962. The number of piperidine rings is 1. The normalized spacial score (nSPS) is 18.1. The number of likely N-dealkylation sites (tertiary alicyclic amines) is 1. The number of amides is 2. The van der Waals surface area contributed by atoms with E-state index in [0.717, 1.165) is 25.9 Å². The second-order valence-electron chi connectivity index (χ2n) is 4.37. The highest BCUT2D eigenvalue weighted by atomic mass is 16.7. The maximum atomic E-state index is 11.0. The van der Waals surface area contributed by atoms with Crippen LogP contribution in [0.5, 0.6) is 0 Å². The molecule has 0 aromatic rings. The van der Waals surface area contributed by atoms with Gasteiger partial charge in [-0.2, -0.15) is 0 Å². The van der Waals surface area contributed by atoms with Crippen molar-refractivity contribution in [1.29, 1.82) is 0 Å². The van der Waals surface area contributed by atoms with Crippen molar-refractivity contribution in [1.82, 2.24) is 10.4 Å². The highest BCUT2D eigenvalue weighted by molar-refractivity contribution is 5.70. The van der Waals surface area contributed by atoms with Gasteiger partial charge in [0.05, 0.1) is 0 Å². The molecule has 104 valence electrons. The molecular formula is C11H21N3O4. The summed E-state index contributed by atoms with van der Waals surface area (Å²) in [6.07, 6.45) is 3.17. The zero-order valence-electron chi connectivity index (χ0n) is 10.7. The number of nitrogens with one attached hydrogen (secondary N) is 1. The summed E-state index contributed by atoms with van der Waals surface area (Å²) >= 11 is 0. The van der Waals surface area contributed by atoms with Crippen LogP contribution in [-0.2, 0) is 14.4 Å². The molecule has 3 N–H and O–H groups in total. The Balaban J connectivity index is 2.33. The maximum absolute atomic E-state index is 11.0. The van der Waals surface area contributed by atoms with Gasteiger partial charge in [-0.25, -0.2) is 10.3 Å². The largest absolute Gasteiger partial charge is 0.459 e. The molecule has 1 aliphatic rings. The summed E-state index contributed by atoms with van der Waals surface area (Å²) in [5.41, 5.74) is 6.89. The Morgan fingerprint density at radius 3 is 2.56 bits per heavy atom. The summed E-state index contributed by atoms with van der Waals surface area (Å²) in [5.74, 6) is -0.361. The van der Waals surface area contributed by atoms with Crippen molar-refractivity contribution in [2.75, 3.05) is 26.2 Å². The van der Waals surface area contributed by atoms with Gasteiger partial charge in [-0.1, -0.05) is 6.42 Å². The average Bonchev–Trinajstić information content (AvgIpc) is 2.28. The molecule has 1 aliphatic heterocycles. The summed E-state index contributed by atoms with van der Waals surface area (Å²) in [6.45, 7) is 4.06. The molecule has 7 nitrogen and oxygen atoms in total. The van der Waals surface area contributed by atoms with Crippen molar-refractivity contribution in [2.24, 2.45) is 5.73 Å². The van der Waals surface area contributed by atoms with E-state index in [0.29, 0.717) is 6.54 Å². The van der Waals surface area contributed by atoms with E-state index >= 15 is 0 Å². The Morgan fingerprint density at radius 2 is 2.00 bits per heavy atom. The maximum Gasteiger partial charge on any atom is 0.336 e. The van der Waals surface area contributed by atoms with E-state index in [1.165, 1.54) is 13.3 Å². The third-order valence-electron chi connectivity index (χ3n) is 2.69. The van der Waals surface area contributed by atoms with E-state index < -0.39 is 12.1 Å². The number of urea groups is 1. The lowest BCUT2D eigenvalue weighted by molar-refractivity contribution is -0.151. The molecule has 7 heteroatoms. The fraction of sp³-hybridized carbons (Fsp3) is 0.818. The Hall–Kier alpha value is -1.34. The smallest absolute Gasteiger partial charge is 0.336 e. The predicted octanol–water partition coefficient (Wildman–Crippen LogP) is 0.00390. The first-order chi connectivity index (χ1) is 8.58. The van der Waals surface area contributed by atoms with Crippen molar-refractivity contribution in [3.63, 3.8) is 0 Å². The first kappa shape index (κ1) is 14.7. The van der Waals surface area contributed by atoms with E-state index in [-0.39, 0.29) is 12.6 Å². The summed E-state index contributed by atoms with van der Waals surface area (Å²) in [4.78, 5) is 28.5. The lowest BCUT2D eigenvalue weighted by Crippen LogP contribution is -2.42. The standard InChI is InChI=1S/C11H21N3O4/c1-9(15)18-10(8-17-13-11(12)16)7-14-5-3-2-4-6-14/h10H,2-8H2,1H3,(H3,12,13,16). The molecular weight excluding hydrogens is 238 g/mol. The van der Waals surface area contributed by atoms with Crippen LogP contribution in [-0.4, -0.2) is 49.2 Å². The number of hydrogen-bond acceptors (Lipinski definition) is 5. The topological polar surface area (TPSA) is 93.9 Å². The van der Waals surface area contributed by atoms with E-state index in [1.807, 2.05) is 5.48 Å². The average molecular weight is 259 g/mol. The number of carbonyl (C=O) groups is 2. The number of hydroxylamine groups is 1. The highest BCUT2D eigenvalue weighted by Gasteiger charge is 2.19. The molecule has 1 atom stereocenters. The van der Waals surface area contributed by atoms with Gasteiger partial charge in [-0.15, -0.1) is 0 Å². The van der Waals surface area contributed by atoms with Crippen LogP contribution in [0.2, 0.25) is 0 Å². The lowest BCUT2D eigenvalue weighted by Gasteiger charge is -2.29. The number of hydrogen-bond donors (Lipinski definition) is 2. The summed E-state index contributed by atoms with van der Waals surface area (Å²) in [6, 6.07) is -0.769. The monoisotopic (exact) mass is 259 g/mol. The van der Waals surface area contributed by atoms with Crippen LogP contribution >= 0.6 is 0 Å². The second kappa shape index (κ2) is 7.88. The summed E-state index contributed by atoms with van der Waals surface area (Å²) in [7, 11) is 0. The molecule has 2 amide bonds. The number of carbonyl (C=O) groups excluding carboxylic acids is 2. The Kier molecular flexibility index (Phi) is 6.45. The molecule has 0 bridgehead atoms. The highest BCUT2D eigenvalue weighted by Crippen LogP contribution is 2.10. The van der Waals surface area contributed by atoms with Crippen molar-refractivity contribution in [2.45, 2.75) is 32.3 Å². The number of rotatable bonds is 6. The molecule has 18 heavy (non-hydrogen) atoms. The zero-order chi connectivity index (χ0) is 13.4. The number of esters is 1. The molecule has 1 unspecified atom stereocenters. The van der Waals surface area contributed by atoms with Gasteiger partial charge in [-0.05, 0) is 25.9 Å².